The van der Waals surface area contributed by atoms with Crippen LogP contribution in [0.15, 0.2) is 23.2 Å². The Kier molecular flexibility index (Phi) is 7.41. The third kappa shape index (κ3) is 4.30. The first-order valence-corrected chi connectivity index (χ1v) is 11.7. The molecule has 4 unspecified atom stereocenters. The first-order chi connectivity index (χ1) is 15.1. The molecule has 32 heavy (non-hydrogen) atoms. The summed E-state index contributed by atoms with van der Waals surface area (Å²) in [6.07, 6.45) is 6.71. The Hall–Kier alpha value is -1.26. The van der Waals surface area contributed by atoms with Crippen molar-refractivity contribution in [3.8, 4) is 11.5 Å². The van der Waals surface area contributed by atoms with Gasteiger partial charge >= 0.3 is 0 Å². The van der Waals surface area contributed by atoms with E-state index in [9.17, 15) is 0 Å². The van der Waals surface area contributed by atoms with Gasteiger partial charge in [-0.05, 0) is 43.4 Å². The number of methoxy groups -OCH3 is 2. The van der Waals surface area contributed by atoms with Crippen LogP contribution in [0.2, 0.25) is 0 Å². The zero-order valence-electron chi connectivity index (χ0n) is 19.4. The van der Waals surface area contributed by atoms with Crippen molar-refractivity contribution in [3.05, 3.63) is 23.8 Å². The molecular formula is C24H37IN4O3. The van der Waals surface area contributed by atoms with Crippen LogP contribution < -0.4 is 20.1 Å². The number of hydrogen-bond acceptors (Lipinski definition) is 5. The van der Waals surface area contributed by atoms with Crippen molar-refractivity contribution < 1.29 is 14.2 Å². The molecule has 2 saturated heterocycles. The summed E-state index contributed by atoms with van der Waals surface area (Å²) >= 11 is 0. The molecule has 2 aliphatic heterocycles. The largest absolute Gasteiger partial charge is 0.497 e. The normalized spacial score (nSPS) is 30.7. The van der Waals surface area contributed by atoms with Crippen molar-refractivity contribution in [2.75, 3.05) is 41.0 Å². The van der Waals surface area contributed by atoms with Crippen LogP contribution in [-0.2, 0) is 11.3 Å². The molecule has 2 N–H and O–H groups in total. The maximum Gasteiger partial charge on any atom is 0.191 e. The van der Waals surface area contributed by atoms with E-state index in [1.54, 1.807) is 14.2 Å². The van der Waals surface area contributed by atoms with Gasteiger partial charge < -0.3 is 24.8 Å². The summed E-state index contributed by atoms with van der Waals surface area (Å²) in [6.45, 7) is 3.89. The lowest BCUT2D eigenvalue weighted by Gasteiger charge is -2.63. The number of nitrogens with one attached hydrogen (secondary N) is 2. The SMILES string of the molecule is CN=C(NC1CCN(Cc2cc(OC)cc(OC)c2)C1)NC1C2CCOC2C12CCC2.I. The predicted octanol–water partition coefficient (Wildman–Crippen LogP) is 3.02. The Morgan fingerprint density at radius 3 is 2.53 bits per heavy atom. The van der Waals surface area contributed by atoms with E-state index in [0.29, 0.717) is 29.5 Å². The van der Waals surface area contributed by atoms with Gasteiger partial charge in [-0.1, -0.05) is 6.42 Å². The highest BCUT2D eigenvalue weighted by atomic mass is 127. The second-order valence-corrected chi connectivity index (χ2v) is 9.61. The molecule has 7 nitrogen and oxygen atoms in total. The fourth-order valence-electron chi connectivity index (χ4n) is 6.28. The summed E-state index contributed by atoms with van der Waals surface area (Å²) in [5.41, 5.74) is 1.58. The van der Waals surface area contributed by atoms with Gasteiger partial charge in [0, 0.05) is 62.8 Å². The summed E-state index contributed by atoms with van der Waals surface area (Å²) < 4.78 is 16.9. The molecule has 5 rings (SSSR count). The number of benzene rings is 1. The van der Waals surface area contributed by atoms with Gasteiger partial charge in [0.1, 0.15) is 11.5 Å². The molecule has 8 heteroatoms. The van der Waals surface area contributed by atoms with Gasteiger partial charge in [-0.25, -0.2) is 0 Å². The molecule has 2 aliphatic carbocycles. The number of ether oxygens (including phenoxy) is 3. The van der Waals surface area contributed by atoms with Crippen LogP contribution in [0, 0.1) is 11.3 Å². The second kappa shape index (κ2) is 9.93. The first-order valence-electron chi connectivity index (χ1n) is 11.7. The third-order valence-corrected chi connectivity index (χ3v) is 7.98. The standard InChI is InChI=1S/C24H36N4O3.HI/c1-25-23(27-21-20-6-10-31-22(20)24(21)7-4-8-24)26-17-5-9-28(15-17)14-16-11-18(29-2)13-19(12-16)30-3;/h11-13,17,20-22H,4-10,14-15H2,1-3H3,(H2,25,26,27);1H. The number of likely N-dealkylation sites (tertiary alicyclic amines) is 1. The number of aliphatic imine (C=N–C) groups is 1. The van der Waals surface area contributed by atoms with Crippen molar-refractivity contribution in [2.45, 2.75) is 56.8 Å². The van der Waals surface area contributed by atoms with E-state index in [2.05, 4.69) is 32.7 Å². The smallest absolute Gasteiger partial charge is 0.191 e. The second-order valence-electron chi connectivity index (χ2n) is 9.61. The van der Waals surface area contributed by atoms with Crippen molar-refractivity contribution in [2.24, 2.45) is 16.3 Å². The average Bonchev–Trinajstić information content (AvgIpc) is 3.37. The topological polar surface area (TPSA) is 67.4 Å². The van der Waals surface area contributed by atoms with E-state index >= 15 is 0 Å². The number of guanidine groups is 1. The number of hydrogen-bond donors (Lipinski definition) is 2. The highest BCUT2D eigenvalue weighted by molar-refractivity contribution is 14.0. The summed E-state index contributed by atoms with van der Waals surface area (Å²) in [4.78, 5) is 7.05. The third-order valence-electron chi connectivity index (χ3n) is 7.98. The monoisotopic (exact) mass is 556 g/mol. The molecule has 4 atom stereocenters. The maximum atomic E-state index is 6.07. The van der Waals surface area contributed by atoms with E-state index in [0.717, 1.165) is 50.1 Å². The lowest BCUT2D eigenvalue weighted by atomic mass is 9.46. The predicted molar refractivity (Wildman–Crippen MR) is 136 cm³/mol. The van der Waals surface area contributed by atoms with Gasteiger partial charge in [-0.2, -0.15) is 0 Å². The minimum absolute atomic E-state index is 0. The van der Waals surface area contributed by atoms with Gasteiger partial charge in [0.05, 0.1) is 20.3 Å². The minimum Gasteiger partial charge on any atom is -0.497 e. The molecule has 1 spiro atoms. The van der Waals surface area contributed by atoms with E-state index in [-0.39, 0.29) is 24.0 Å². The minimum atomic E-state index is 0. The lowest BCUT2D eigenvalue weighted by Crippen LogP contribution is -2.72. The van der Waals surface area contributed by atoms with Gasteiger partial charge in [0.2, 0.25) is 0 Å². The van der Waals surface area contributed by atoms with Crippen LogP contribution in [0.4, 0.5) is 0 Å². The summed E-state index contributed by atoms with van der Waals surface area (Å²) in [5.74, 6) is 3.29. The molecule has 0 radical (unpaired) electrons. The van der Waals surface area contributed by atoms with E-state index in [1.165, 1.54) is 31.2 Å². The molecule has 1 aromatic carbocycles. The summed E-state index contributed by atoms with van der Waals surface area (Å²) in [7, 11) is 5.28. The number of nitrogens with zero attached hydrogens (tertiary/aromatic N) is 2. The molecule has 2 heterocycles. The van der Waals surface area contributed by atoms with Crippen molar-refractivity contribution >= 4 is 29.9 Å². The fraction of sp³-hybridized carbons (Fsp3) is 0.708. The Labute approximate surface area is 208 Å². The Morgan fingerprint density at radius 1 is 1.16 bits per heavy atom. The highest BCUT2D eigenvalue weighted by Gasteiger charge is 2.66. The van der Waals surface area contributed by atoms with Crippen LogP contribution >= 0.6 is 24.0 Å². The Balaban J connectivity index is 0.00000245. The molecular weight excluding hydrogens is 519 g/mol. The molecule has 4 aliphatic rings. The van der Waals surface area contributed by atoms with Gasteiger partial charge in [-0.15, -0.1) is 24.0 Å². The molecule has 0 amide bonds. The number of halogens is 1. The molecule has 1 aromatic rings. The van der Waals surface area contributed by atoms with Crippen LogP contribution in [-0.4, -0.2) is 70.0 Å². The zero-order chi connectivity index (χ0) is 21.4. The van der Waals surface area contributed by atoms with Crippen LogP contribution in [0.5, 0.6) is 11.5 Å². The first kappa shape index (κ1) is 23.9. The quantitative estimate of drug-likeness (QED) is 0.319. The van der Waals surface area contributed by atoms with Gasteiger partial charge in [0.15, 0.2) is 5.96 Å². The van der Waals surface area contributed by atoms with Gasteiger partial charge in [0.25, 0.3) is 0 Å². The van der Waals surface area contributed by atoms with E-state index in [1.807, 2.05) is 13.1 Å². The molecule has 2 saturated carbocycles. The lowest BCUT2D eigenvalue weighted by molar-refractivity contribution is -0.171. The maximum absolute atomic E-state index is 6.07. The zero-order valence-corrected chi connectivity index (χ0v) is 21.8. The number of fused-ring (bicyclic) bond motifs is 2. The molecule has 0 bridgehead atoms. The summed E-state index contributed by atoms with van der Waals surface area (Å²) in [6, 6.07) is 7.04. The number of rotatable bonds is 6. The van der Waals surface area contributed by atoms with E-state index in [4.69, 9.17) is 14.2 Å². The molecule has 4 fully saturated rings. The van der Waals surface area contributed by atoms with Crippen LogP contribution in [0.25, 0.3) is 0 Å². The highest BCUT2D eigenvalue weighted by Crippen LogP contribution is 2.62. The fourth-order valence-corrected chi connectivity index (χ4v) is 6.28. The molecule has 0 aromatic heterocycles. The van der Waals surface area contributed by atoms with Crippen LogP contribution in [0.3, 0.4) is 0 Å². The van der Waals surface area contributed by atoms with Crippen molar-refractivity contribution in [3.63, 3.8) is 0 Å². The van der Waals surface area contributed by atoms with Crippen LogP contribution in [0.1, 0.15) is 37.7 Å². The Morgan fingerprint density at radius 2 is 1.91 bits per heavy atom. The van der Waals surface area contributed by atoms with Crippen molar-refractivity contribution in [1.29, 1.82) is 0 Å². The summed E-state index contributed by atoms with van der Waals surface area (Å²) in [5, 5.41) is 7.49. The Bertz CT molecular complexity index is 809. The average molecular weight is 556 g/mol. The van der Waals surface area contributed by atoms with Crippen molar-refractivity contribution in [1.82, 2.24) is 15.5 Å². The molecule has 178 valence electrons. The van der Waals surface area contributed by atoms with Gasteiger partial charge in [-0.3, -0.25) is 9.89 Å². The van der Waals surface area contributed by atoms with E-state index < -0.39 is 0 Å².